The van der Waals surface area contributed by atoms with Crippen molar-refractivity contribution in [1.82, 2.24) is 0 Å². The van der Waals surface area contributed by atoms with E-state index in [1.807, 2.05) is 0 Å². The molecule has 0 bridgehead atoms. The van der Waals surface area contributed by atoms with Crippen molar-refractivity contribution in [2.24, 2.45) is 35.5 Å². The minimum Gasteiger partial charge on any atom is -0.0651 e. The molecule has 0 saturated heterocycles. The van der Waals surface area contributed by atoms with Crippen LogP contribution in [0.1, 0.15) is 53.4 Å². The molecule has 0 amide bonds. The molecule has 0 spiro atoms. The number of hydrogen-bond donors (Lipinski definition) is 0. The van der Waals surface area contributed by atoms with E-state index in [0.29, 0.717) is 0 Å². The molecule has 2 aliphatic carbocycles. The second-order valence-corrected chi connectivity index (χ2v) is 6.13. The minimum atomic E-state index is 1.00. The van der Waals surface area contributed by atoms with Crippen molar-refractivity contribution < 1.29 is 0 Å². The lowest BCUT2D eigenvalue weighted by atomic mass is 9.86. The number of hydrogen-bond acceptors (Lipinski definition) is 0. The Morgan fingerprint density at radius 2 is 1.57 bits per heavy atom. The van der Waals surface area contributed by atoms with Gasteiger partial charge in [-0.2, -0.15) is 0 Å². The first-order valence-electron chi connectivity index (χ1n) is 6.63. The Bertz CT molecular complexity index is 196. The molecule has 0 N–H and O–H groups in total. The van der Waals surface area contributed by atoms with Gasteiger partial charge in [-0.1, -0.05) is 34.1 Å². The fourth-order valence-corrected chi connectivity index (χ4v) is 3.45. The summed E-state index contributed by atoms with van der Waals surface area (Å²) in [6.07, 6.45) is 5.96. The molecule has 0 heterocycles. The van der Waals surface area contributed by atoms with E-state index in [1.165, 1.54) is 25.7 Å². The zero-order chi connectivity index (χ0) is 10.3. The molecule has 0 aromatic rings. The van der Waals surface area contributed by atoms with Gasteiger partial charge >= 0.3 is 0 Å². The SMILES string of the molecule is CCC(CC(C)C1CC1C)C1CC1C. The van der Waals surface area contributed by atoms with E-state index < -0.39 is 0 Å². The summed E-state index contributed by atoms with van der Waals surface area (Å²) < 4.78 is 0. The fourth-order valence-electron chi connectivity index (χ4n) is 3.45. The predicted octanol–water partition coefficient (Wildman–Crippen LogP) is 4.35. The quantitative estimate of drug-likeness (QED) is 0.610. The molecule has 14 heavy (non-hydrogen) atoms. The summed E-state index contributed by atoms with van der Waals surface area (Å²) in [4.78, 5) is 0. The zero-order valence-corrected chi connectivity index (χ0v) is 10.3. The monoisotopic (exact) mass is 194 g/mol. The molecule has 2 aliphatic rings. The summed E-state index contributed by atoms with van der Waals surface area (Å²) in [5.41, 5.74) is 0. The van der Waals surface area contributed by atoms with Crippen LogP contribution in [0, 0.1) is 35.5 Å². The van der Waals surface area contributed by atoms with Gasteiger partial charge in [0.15, 0.2) is 0 Å². The van der Waals surface area contributed by atoms with Crippen LogP contribution >= 0.6 is 0 Å². The van der Waals surface area contributed by atoms with E-state index >= 15 is 0 Å². The normalized spacial score (nSPS) is 44.6. The van der Waals surface area contributed by atoms with E-state index in [1.54, 1.807) is 0 Å². The highest BCUT2D eigenvalue weighted by Crippen LogP contribution is 2.51. The van der Waals surface area contributed by atoms with E-state index in [2.05, 4.69) is 27.7 Å². The third-order valence-electron chi connectivity index (χ3n) is 4.88. The molecular formula is C14H26. The van der Waals surface area contributed by atoms with Crippen LogP contribution in [-0.2, 0) is 0 Å². The molecule has 0 heteroatoms. The summed E-state index contributed by atoms with van der Waals surface area (Å²) in [5.74, 6) is 6.31. The first-order chi connectivity index (χ1) is 6.63. The zero-order valence-electron chi connectivity index (χ0n) is 10.3. The molecule has 0 aromatic carbocycles. The van der Waals surface area contributed by atoms with Crippen molar-refractivity contribution in [3.05, 3.63) is 0 Å². The van der Waals surface area contributed by atoms with Crippen LogP contribution in [0.15, 0.2) is 0 Å². The van der Waals surface area contributed by atoms with Crippen molar-refractivity contribution in [3.63, 3.8) is 0 Å². The van der Waals surface area contributed by atoms with Crippen LogP contribution in [0.4, 0.5) is 0 Å². The van der Waals surface area contributed by atoms with Crippen LogP contribution in [-0.4, -0.2) is 0 Å². The summed E-state index contributed by atoms with van der Waals surface area (Å²) in [7, 11) is 0. The average molecular weight is 194 g/mol. The molecule has 0 nitrogen and oxygen atoms in total. The predicted molar refractivity (Wildman–Crippen MR) is 62.1 cm³/mol. The summed E-state index contributed by atoms with van der Waals surface area (Å²) >= 11 is 0. The number of rotatable bonds is 5. The maximum absolute atomic E-state index is 2.49. The Hall–Kier alpha value is 0. The Kier molecular flexibility index (Phi) is 2.91. The molecule has 0 radical (unpaired) electrons. The van der Waals surface area contributed by atoms with Crippen LogP contribution in [0.25, 0.3) is 0 Å². The van der Waals surface area contributed by atoms with Gasteiger partial charge in [-0.15, -0.1) is 0 Å². The Labute approximate surface area is 89.5 Å². The molecule has 2 fully saturated rings. The van der Waals surface area contributed by atoms with Crippen LogP contribution in [0.3, 0.4) is 0 Å². The van der Waals surface area contributed by atoms with Crippen molar-refractivity contribution in [1.29, 1.82) is 0 Å². The smallest absolute Gasteiger partial charge is 0.0357 e. The van der Waals surface area contributed by atoms with Gasteiger partial charge in [-0.3, -0.25) is 0 Å². The maximum Gasteiger partial charge on any atom is -0.0357 e. The van der Waals surface area contributed by atoms with Crippen molar-refractivity contribution in [2.45, 2.75) is 53.4 Å². The summed E-state index contributed by atoms with van der Waals surface area (Å²) in [5, 5.41) is 0. The molecule has 6 unspecified atom stereocenters. The molecule has 2 saturated carbocycles. The standard InChI is InChI=1S/C14H26/c1-5-12(14-8-11(14)4)6-9(2)13-7-10(13)3/h9-14H,5-8H2,1-4H3. The third-order valence-corrected chi connectivity index (χ3v) is 4.88. The second kappa shape index (κ2) is 3.87. The van der Waals surface area contributed by atoms with Gasteiger partial charge in [0.25, 0.3) is 0 Å². The van der Waals surface area contributed by atoms with Crippen LogP contribution in [0.2, 0.25) is 0 Å². The average Bonchev–Trinajstić information content (AvgIpc) is 3.01. The molecule has 2 rings (SSSR count). The Morgan fingerprint density at radius 1 is 1.07 bits per heavy atom. The lowest BCUT2D eigenvalue weighted by Gasteiger charge is -2.19. The lowest BCUT2D eigenvalue weighted by Crippen LogP contribution is -2.10. The van der Waals surface area contributed by atoms with Gasteiger partial charge < -0.3 is 0 Å². The van der Waals surface area contributed by atoms with Crippen molar-refractivity contribution >= 4 is 0 Å². The third kappa shape index (κ3) is 2.15. The molecular weight excluding hydrogens is 168 g/mol. The van der Waals surface area contributed by atoms with Gasteiger partial charge in [-0.25, -0.2) is 0 Å². The highest BCUT2D eigenvalue weighted by Gasteiger charge is 2.42. The van der Waals surface area contributed by atoms with Gasteiger partial charge in [0.1, 0.15) is 0 Å². The van der Waals surface area contributed by atoms with Crippen LogP contribution in [0.5, 0.6) is 0 Å². The minimum absolute atomic E-state index is 1.00. The van der Waals surface area contributed by atoms with Gasteiger partial charge in [0.2, 0.25) is 0 Å². The van der Waals surface area contributed by atoms with E-state index in [0.717, 1.165) is 35.5 Å². The molecule has 82 valence electrons. The molecule has 6 atom stereocenters. The van der Waals surface area contributed by atoms with Crippen molar-refractivity contribution in [2.75, 3.05) is 0 Å². The summed E-state index contributed by atoms with van der Waals surface area (Å²) in [6.45, 7) is 9.72. The maximum atomic E-state index is 2.49. The second-order valence-electron chi connectivity index (χ2n) is 6.13. The van der Waals surface area contributed by atoms with Gasteiger partial charge in [-0.05, 0) is 54.8 Å². The van der Waals surface area contributed by atoms with Crippen molar-refractivity contribution in [3.8, 4) is 0 Å². The first kappa shape index (κ1) is 10.5. The van der Waals surface area contributed by atoms with Crippen LogP contribution < -0.4 is 0 Å². The first-order valence-corrected chi connectivity index (χ1v) is 6.63. The van der Waals surface area contributed by atoms with E-state index in [4.69, 9.17) is 0 Å². The topological polar surface area (TPSA) is 0 Å². The fraction of sp³-hybridized carbons (Fsp3) is 1.00. The van der Waals surface area contributed by atoms with E-state index in [9.17, 15) is 0 Å². The Balaban J connectivity index is 1.76. The highest BCUT2D eigenvalue weighted by atomic mass is 14.5. The van der Waals surface area contributed by atoms with Gasteiger partial charge in [0.05, 0.1) is 0 Å². The van der Waals surface area contributed by atoms with E-state index in [-0.39, 0.29) is 0 Å². The highest BCUT2D eigenvalue weighted by molar-refractivity contribution is 4.92. The molecule has 0 aliphatic heterocycles. The molecule has 0 aromatic heterocycles. The van der Waals surface area contributed by atoms with Gasteiger partial charge in [0, 0.05) is 0 Å². The Morgan fingerprint density at radius 3 is 1.93 bits per heavy atom. The largest absolute Gasteiger partial charge is 0.0651 e. The summed E-state index contributed by atoms with van der Waals surface area (Å²) in [6, 6.07) is 0. The lowest BCUT2D eigenvalue weighted by molar-refractivity contribution is 0.306.